The summed E-state index contributed by atoms with van der Waals surface area (Å²) in [5.41, 5.74) is 0. The second-order valence-electron chi connectivity index (χ2n) is 3.31. The zero-order valence-electron chi connectivity index (χ0n) is 5.97. The smallest absolute Gasteiger partial charge is 0.0634 e. The average Bonchev–Trinajstić information content (AvgIpc) is 2.60. The molecule has 2 aliphatic carbocycles. The summed E-state index contributed by atoms with van der Waals surface area (Å²) in [5.74, 6) is 1.92. The summed E-state index contributed by atoms with van der Waals surface area (Å²) < 4.78 is 5.31. The van der Waals surface area contributed by atoms with Gasteiger partial charge in [-0.25, -0.2) is 0 Å². The highest BCUT2D eigenvalue weighted by Crippen LogP contribution is 2.51. The minimum Gasteiger partial charge on any atom is -0.381 e. The van der Waals surface area contributed by atoms with Crippen LogP contribution >= 0.6 is 0 Å². The lowest BCUT2D eigenvalue weighted by Crippen LogP contribution is -1.91. The van der Waals surface area contributed by atoms with E-state index >= 15 is 0 Å². The monoisotopic (exact) mass is 126 g/mol. The summed E-state index contributed by atoms with van der Waals surface area (Å²) in [6, 6.07) is 0. The lowest BCUT2D eigenvalue weighted by atomic mass is 10.0. The van der Waals surface area contributed by atoms with Crippen LogP contribution in [0.1, 0.15) is 25.7 Å². The van der Waals surface area contributed by atoms with Crippen molar-refractivity contribution in [3.05, 3.63) is 0 Å². The summed E-state index contributed by atoms with van der Waals surface area (Å²) in [7, 11) is 1.85. The summed E-state index contributed by atoms with van der Waals surface area (Å²) in [4.78, 5) is 0. The van der Waals surface area contributed by atoms with Gasteiger partial charge in [0.25, 0.3) is 0 Å². The van der Waals surface area contributed by atoms with Gasteiger partial charge in [-0.1, -0.05) is 12.8 Å². The largest absolute Gasteiger partial charge is 0.381 e. The fourth-order valence-corrected chi connectivity index (χ4v) is 2.28. The molecule has 0 aromatic heterocycles. The van der Waals surface area contributed by atoms with E-state index in [-0.39, 0.29) is 0 Å². The Balaban J connectivity index is 1.91. The van der Waals surface area contributed by atoms with E-state index in [1.807, 2.05) is 7.11 Å². The predicted molar refractivity (Wildman–Crippen MR) is 36.2 cm³/mol. The molecule has 0 bridgehead atoms. The van der Waals surface area contributed by atoms with Gasteiger partial charge in [0.2, 0.25) is 0 Å². The van der Waals surface area contributed by atoms with Crippen LogP contribution in [0.3, 0.4) is 0 Å². The highest BCUT2D eigenvalue weighted by Gasteiger charge is 2.50. The second kappa shape index (κ2) is 1.98. The van der Waals surface area contributed by atoms with Gasteiger partial charge in [-0.3, -0.25) is 0 Å². The van der Waals surface area contributed by atoms with Gasteiger partial charge in [-0.05, 0) is 24.7 Å². The predicted octanol–water partition coefficient (Wildman–Crippen LogP) is 1.82. The number of rotatable bonds is 1. The minimum absolute atomic E-state index is 0.660. The van der Waals surface area contributed by atoms with Crippen LogP contribution in [0.4, 0.5) is 0 Å². The quantitative estimate of drug-likeness (QED) is 0.520. The normalized spacial score (nSPS) is 48.3. The molecule has 1 heteroatoms. The summed E-state index contributed by atoms with van der Waals surface area (Å²) in [6.07, 6.45) is 6.42. The molecule has 0 spiro atoms. The molecular weight excluding hydrogens is 112 g/mol. The van der Waals surface area contributed by atoms with Crippen LogP contribution in [0.15, 0.2) is 0 Å². The van der Waals surface area contributed by atoms with Gasteiger partial charge < -0.3 is 4.74 Å². The first-order valence-corrected chi connectivity index (χ1v) is 3.96. The number of fused-ring (bicyclic) bond motifs is 1. The Morgan fingerprint density at radius 1 is 1.11 bits per heavy atom. The van der Waals surface area contributed by atoms with Crippen molar-refractivity contribution in [2.75, 3.05) is 7.11 Å². The lowest BCUT2D eigenvalue weighted by molar-refractivity contribution is 0.160. The molecule has 0 aromatic rings. The van der Waals surface area contributed by atoms with Crippen LogP contribution in [0.25, 0.3) is 0 Å². The van der Waals surface area contributed by atoms with Crippen molar-refractivity contribution in [3.63, 3.8) is 0 Å². The number of ether oxygens (including phenoxy) is 1. The van der Waals surface area contributed by atoms with Crippen LogP contribution in [-0.4, -0.2) is 13.2 Å². The van der Waals surface area contributed by atoms with Crippen molar-refractivity contribution in [3.8, 4) is 0 Å². The molecular formula is C8H14O. The van der Waals surface area contributed by atoms with Crippen molar-refractivity contribution in [2.24, 2.45) is 11.8 Å². The van der Waals surface area contributed by atoms with E-state index in [0.29, 0.717) is 6.10 Å². The van der Waals surface area contributed by atoms with Gasteiger partial charge in [0.15, 0.2) is 0 Å². The van der Waals surface area contributed by atoms with Crippen LogP contribution < -0.4 is 0 Å². The number of hydrogen-bond donors (Lipinski definition) is 0. The first-order chi connectivity index (χ1) is 4.43. The fraction of sp³-hybridized carbons (Fsp3) is 1.00. The molecule has 0 heterocycles. The Morgan fingerprint density at radius 3 is 2.11 bits per heavy atom. The van der Waals surface area contributed by atoms with E-state index in [0.717, 1.165) is 11.8 Å². The van der Waals surface area contributed by atoms with E-state index in [2.05, 4.69) is 0 Å². The number of hydrogen-bond acceptors (Lipinski definition) is 1. The van der Waals surface area contributed by atoms with Gasteiger partial charge in [0.05, 0.1) is 6.10 Å². The third-order valence-electron chi connectivity index (χ3n) is 2.85. The summed E-state index contributed by atoms with van der Waals surface area (Å²) >= 11 is 0. The highest BCUT2D eigenvalue weighted by molar-refractivity contribution is 5.00. The lowest BCUT2D eigenvalue weighted by Gasteiger charge is -2.04. The van der Waals surface area contributed by atoms with Gasteiger partial charge in [0.1, 0.15) is 0 Å². The van der Waals surface area contributed by atoms with Crippen LogP contribution in [0.5, 0.6) is 0 Å². The third-order valence-corrected chi connectivity index (χ3v) is 2.85. The SMILES string of the molecule is COC1C2CCCCC21. The van der Waals surface area contributed by atoms with E-state index in [1.165, 1.54) is 25.7 Å². The van der Waals surface area contributed by atoms with Crippen LogP contribution in [0.2, 0.25) is 0 Å². The van der Waals surface area contributed by atoms with Gasteiger partial charge >= 0.3 is 0 Å². The Labute approximate surface area is 56.4 Å². The first kappa shape index (κ1) is 5.72. The molecule has 2 aliphatic rings. The maximum absolute atomic E-state index is 5.31. The topological polar surface area (TPSA) is 9.23 Å². The third kappa shape index (κ3) is 0.787. The maximum Gasteiger partial charge on any atom is 0.0634 e. The molecule has 2 fully saturated rings. The molecule has 0 N–H and O–H groups in total. The zero-order chi connectivity index (χ0) is 6.27. The zero-order valence-corrected chi connectivity index (χ0v) is 5.97. The molecule has 2 rings (SSSR count). The molecule has 2 saturated carbocycles. The standard InChI is InChI=1S/C8H14O/c1-9-8-6-4-2-3-5-7(6)8/h6-8H,2-5H2,1H3. The van der Waals surface area contributed by atoms with E-state index in [1.54, 1.807) is 0 Å². The van der Waals surface area contributed by atoms with Crippen molar-refractivity contribution in [2.45, 2.75) is 31.8 Å². The van der Waals surface area contributed by atoms with E-state index < -0.39 is 0 Å². The number of methoxy groups -OCH3 is 1. The maximum atomic E-state index is 5.31. The summed E-state index contributed by atoms with van der Waals surface area (Å²) in [5, 5.41) is 0. The minimum atomic E-state index is 0.660. The van der Waals surface area contributed by atoms with E-state index in [9.17, 15) is 0 Å². The first-order valence-electron chi connectivity index (χ1n) is 3.96. The van der Waals surface area contributed by atoms with Crippen molar-refractivity contribution in [1.29, 1.82) is 0 Å². The molecule has 1 nitrogen and oxygen atoms in total. The van der Waals surface area contributed by atoms with Crippen molar-refractivity contribution >= 4 is 0 Å². The van der Waals surface area contributed by atoms with Gasteiger partial charge in [-0.2, -0.15) is 0 Å². The molecule has 2 atom stereocenters. The highest BCUT2D eigenvalue weighted by atomic mass is 16.5. The molecule has 9 heavy (non-hydrogen) atoms. The molecule has 2 unspecified atom stereocenters. The average molecular weight is 126 g/mol. The van der Waals surface area contributed by atoms with Gasteiger partial charge in [0, 0.05) is 7.11 Å². The van der Waals surface area contributed by atoms with Crippen molar-refractivity contribution < 1.29 is 4.74 Å². The molecule has 0 aromatic carbocycles. The molecule has 0 aliphatic heterocycles. The van der Waals surface area contributed by atoms with Crippen LogP contribution in [-0.2, 0) is 4.74 Å². The second-order valence-corrected chi connectivity index (χ2v) is 3.31. The Morgan fingerprint density at radius 2 is 1.67 bits per heavy atom. The van der Waals surface area contributed by atoms with Gasteiger partial charge in [-0.15, -0.1) is 0 Å². The fourth-order valence-electron chi connectivity index (χ4n) is 2.28. The van der Waals surface area contributed by atoms with Crippen molar-refractivity contribution in [1.82, 2.24) is 0 Å². The molecule has 52 valence electrons. The Bertz CT molecular complexity index is 92.4. The Kier molecular flexibility index (Phi) is 1.26. The van der Waals surface area contributed by atoms with E-state index in [4.69, 9.17) is 4.74 Å². The Hall–Kier alpha value is -0.0400. The molecule has 0 saturated heterocycles. The molecule has 0 amide bonds. The van der Waals surface area contributed by atoms with Crippen LogP contribution in [0, 0.1) is 11.8 Å². The summed E-state index contributed by atoms with van der Waals surface area (Å²) in [6.45, 7) is 0. The molecule has 0 radical (unpaired) electrons.